The molecule has 0 fully saturated rings. The van der Waals surface area contributed by atoms with Crippen molar-refractivity contribution in [3.05, 3.63) is 24.3 Å². The first-order valence-corrected chi connectivity index (χ1v) is 8.54. The summed E-state index contributed by atoms with van der Waals surface area (Å²) >= 11 is 0. The van der Waals surface area contributed by atoms with Crippen molar-refractivity contribution in [1.29, 1.82) is 0 Å². The molecule has 1 aromatic rings. The molecule has 21 heavy (non-hydrogen) atoms. The largest absolute Gasteiger partial charge is 0.494 e. The highest BCUT2D eigenvalue weighted by Crippen LogP contribution is 2.15. The Kier molecular flexibility index (Phi) is 10.6. The Morgan fingerprint density at radius 1 is 0.810 bits per heavy atom. The quantitative estimate of drug-likeness (QED) is 0.527. The molecule has 0 bridgehead atoms. The standard InChI is InChI=1S/C18H32N2O/c1-3-5-7-8-16-21-18-11-9-17(10-12-18)20-15-14-19-13-6-4-2/h9-12,19-20H,3-8,13-16H2,1-2H3. The first kappa shape index (κ1) is 17.8. The minimum absolute atomic E-state index is 0.828. The number of hydrogen-bond acceptors (Lipinski definition) is 3. The van der Waals surface area contributed by atoms with Crippen molar-refractivity contribution in [1.82, 2.24) is 5.32 Å². The third-order valence-electron chi connectivity index (χ3n) is 3.46. The molecule has 0 radical (unpaired) electrons. The molecule has 0 amide bonds. The van der Waals surface area contributed by atoms with Gasteiger partial charge in [-0.15, -0.1) is 0 Å². The van der Waals surface area contributed by atoms with Crippen LogP contribution in [0.15, 0.2) is 24.3 Å². The fourth-order valence-corrected chi connectivity index (χ4v) is 2.11. The van der Waals surface area contributed by atoms with Crippen LogP contribution in [-0.4, -0.2) is 26.2 Å². The fourth-order valence-electron chi connectivity index (χ4n) is 2.11. The van der Waals surface area contributed by atoms with Gasteiger partial charge in [0.25, 0.3) is 0 Å². The monoisotopic (exact) mass is 292 g/mol. The summed E-state index contributed by atoms with van der Waals surface area (Å²) in [5.41, 5.74) is 1.16. The molecule has 2 N–H and O–H groups in total. The molecule has 0 saturated heterocycles. The molecule has 1 rings (SSSR count). The molecular formula is C18H32N2O. The smallest absolute Gasteiger partial charge is 0.119 e. The third-order valence-corrected chi connectivity index (χ3v) is 3.46. The maximum absolute atomic E-state index is 5.74. The van der Waals surface area contributed by atoms with Crippen molar-refractivity contribution in [3.8, 4) is 5.75 Å². The van der Waals surface area contributed by atoms with Crippen LogP contribution in [0.5, 0.6) is 5.75 Å². The molecule has 3 heteroatoms. The van der Waals surface area contributed by atoms with Gasteiger partial charge in [0.05, 0.1) is 6.61 Å². The SMILES string of the molecule is CCCCCCOc1ccc(NCCNCCCC)cc1. The van der Waals surface area contributed by atoms with Crippen molar-refractivity contribution >= 4 is 5.69 Å². The van der Waals surface area contributed by atoms with Gasteiger partial charge < -0.3 is 15.4 Å². The minimum atomic E-state index is 0.828. The van der Waals surface area contributed by atoms with Gasteiger partial charge in [0.2, 0.25) is 0 Å². The molecule has 0 unspecified atom stereocenters. The summed E-state index contributed by atoms with van der Waals surface area (Å²) < 4.78 is 5.74. The van der Waals surface area contributed by atoms with E-state index in [1.165, 1.54) is 32.1 Å². The zero-order chi connectivity index (χ0) is 15.2. The van der Waals surface area contributed by atoms with E-state index >= 15 is 0 Å². The van der Waals surface area contributed by atoms with Crippen LogP contribution in [0.25, 0.3) is 0 Å². The summed E-state index contributed by atoms with van der Waals surface area (Å²) in [7, 11) is 0. The number of unbranched alkanes of at least 4 members (excludes halogenated alkanes) is 4. The van der Waals surface area contributed by atoms with Crippen LogP contribution in [0.4, 0.5) is 5.69 Å². The summed E-state index contributed by atoms with van der Waals surface area (Å²) in [6.07, 6.45) is 7.50. The zero-order valence-corrected chi connectivity index (χ0v) is 13.8. The Balaban J connectivity index is 2.09. The second-order valence-electron chi connectivity index (χ2n) is 5.46. The fraction of sp³-hybridized carbons (Fsp3) is 0.667. The van der Waals surface area contributed by atoms with Gasteiger partial charge in [-0.2, -0.15) is 0 Å². The Bertz CT molecular complexity index is 338. The highest BCUT2D eigenvalue weighted by Gasteiger charge is 1.96. The predicted molar refractivity (Wildman–Crippen MR) is 92.3 cm³/mol. The van der Waals surface area contributed by atoms with E-state index in [1.54, 1.807) is 0 Å². The molecule has 0 spiro atoms. The van der Waals surface area contributed by atoms with Crippen LogP contribution >= 0.6 is 0 Å². The van der Waals surface area contributed by atoms with Crippen LogP contribution in [0.1, 0.15) is 52.4 Å². The molecule has 1 aromatic carbocycles. The van der Waals surface area contributed by atoms with E-state index in [-0.39, 0.29) is 0 Å². The Morgan fingerprint density at radius 3 is 2.29 bits per heavy atom. The van der Waals surface area contributed by atoms with Crippen LogP contribution in [0.2, 0.25) is 0 Å². The summed E-state index contributed by atoms with van der Waals surface area (Å²) in [6.45, 7) is 8.35. The average Bonchev–Trinajstić information content (AvgIpc) is 2.52. The third kappa shape index (κ3) is 9.35. The molecule has 3 nitrogen and oxygen atoms in total. The lowest BCUT2D eigenvalue weighted by Gasteiger charge is -2.09. The van der Waals surface area contributed by atoms with Gasteiger partial charge in [-0.1, -0.05) is 39.5 Å². The highest BCUT2D eigenvalue weighted by atomic mass is 16.5. The van der Waals surface area contributed by atoms with E-state index in [0.717, 1.165) is 44.1 Å². The number of anilines is 1. The first-order chi connectivity index (χ1) is 10.4. The predicted octanol–water partition coefficient (Wildman–Crippen LogP) is 4.45. The van der Waals surface area contributed by atoms with Gasteiger partial charge in [-0.25, -0.2) is 0 Å². The van der Waals surface area contributed by atoms with Gasteiger partial charge in [-0.05, 0) is 43.7 Å². The molecule has 0 aliphatic carbocycles. The average molecular weight is 292 g/mol. The van der Waals surface area contributed by atoms with E-state index in [0.29, 0.717) is 0 Å². The Morgan fingerprint density at radius 2 is 1.57 bits per heavy atom. The van der Waals surface area contributed by atoms with Gasteiger partial charge in [0.15, 0.2) is 0 Å². The lowest BCUT2D eigenvalue weighted by molar-refractivity contribution is 0.305. The second kappa shape index (κ2) is 12.5. The number of nitrogens with one attached hydrogen (secondary N) is 2. The molecular weight excluding hydrogens is 260 g/mol. The molecule has 0 saturated carbocycles. The zero-order valence-electron chi connectivity index (χ0n) is 13.8. The number of rotatable bonds is 13. The lowest BCUT2D eigenvalue weighted by Crippen LogP contribution is -2.23. The molecule has 0 aliphatic rings. The van der Waals surface area contributed by atoms with Gasteiger partial charge >= 0.3 is 0 Å². The number of benzene rings is 1. The van der Waals surface area contributed by atoms with Crippen LogP contribution in [0.3, 0.4) is 0 Å². The maximum atomic E-state index is 5.74. The lowest BCUT2D eigenvalue weighted by atomic mass is 10.2. The molecule has 0 aliphatic heterocycles. The van der Waals surface area contributed by atoms with Crippen molar-refractivity contribution in [3.63, 3.8) is 0 Å². The van der Waals surface area contributed by atoms with Crippen LogP contribution in [-0.2, 0) is 0 Å². The Hall–Kier alpha value is -1.22. The summed E-state index contributed by atoms with van der Waals surface area (Å²) in [5, 5.41) is 6.84. The number of hydrogen-bond donors (Lipinski definition) is 2. The highest BCUT2D eigenvalue weighted by molar-refractivity contribution is 5.46. The van der Waals surface area contributed by atoms with Crippen LogP contribution in [0, 0.1) is 0 Å². The van der Waals surface area contributed by atoms with Gasteiger partial charge in [-0.3, -0.25) is 0 Å². The van der Waals surface area contributed by atoms with E-state index in [2.05, 4.69) is 36.6 Å². The summed E-state index contributed by atoms with van der Waals surface area (Å²) in [5.74, 6) is 0.970. The van der Waals surface area contributed by atoms with Crippen molar-refractivity contribution in [2.24, 2.45) is 0 Å². The molecule has 0 aromatic heterocycles. The molecule has 0 heterocycles. The van der Waals surface area contributed by atoms with Gasteiger partial charge in [0.1, 0.15) is 5.75 Å². The Labute approximate surface area is 130 Å². The second-order valence-corrected chi connectivity index (χ2v) is 5.46. The van der Waals surface area contributed by atoms with E-state index in [9.17, 15) is 0 Å². The van der Waals surface area contributed by atoms with Gasteiger partial charge in [0, 0.05) is 18.8 Å². The van der Waals surface area contributed by atoms with Crippen molar-refractivity contribution in [2.45, 2.75) is 52.4 Å². The minimum Gasteiger partial charge on any atom is -0.494 e. The summed E-state index contributed by atoms with van der Waals surface area (Å²) in [6, 6.07) is 8.28. The molecule has 0 atom stereocenters. The number of ether oxygens (including phenoxy) is 1. The van der Waals surface area contributed by atoms with Crippen molar-refractivity contribution < 1.29 is 4.74 Å². The van der Waals surface area contributed by atoms with Crippen LogP contribution < -0.4 is 15.4 Å². The topological polar surface area (TPSA) is 33.3 Å². The van der Waals surface area contributed by atoms with E-state index < -0.39 is 0 Å². The first-order valence-electron chi connectivity index (χ1n) is 8.54. The van der Waals surface area contributed by atoms with E-state index in [4.69, 9.17) is 4.74 Å². The summed E-state index contributed by atoms with van der Waals surface area (Å²) in [4.78, 5) is 0. The maximum Gasteiger partial charge on any atom is 0.119 e. The molecule has 120 valence electrons. The van der Waals surface area contributed by atoms with E-state index in [1.807, 2.05) is 12.1 Å². The normalized spacial score (nSPS) is 10.6. The van der Waals surface area contributed by atoms with Crippen molar-refractivity contribution in [2.75, 3.05) is 31.6 Å².